The minimum atomic E-state index is -0.981. The first kappa shape index (κ1) is 15.0. The molecule has 0 saturated heterocycles. The van der Waals surface area contributed by atoms with Gasteiger partial charge in [-0.25, -0.2) is 4.68 Å². The van der Waals surface area contributed by atoms with Gasteiger partial charge in [-0.3, -0.25) is 4.21 Å². The van der Waals surface area contributed by atoms with E-state index in [0.29, 0.717) is 5.15 Å². The molecule has 0 spiro atoms. The van der Waals surface area contributed by atoms with Crippen molar-refractivity contribution >= 4 is 22.4 Å². The summed E-state index contributed by atoms with van der Waals surface area (Å²) in [5, 5.41) is 4.82. The molecule has 1 atom stereocenters. The second-order valence-electron chi connectivity index (χ2n) is 5.08. The van der Waals surface area contributed by atoms with E-state index in [9.17, 15) is 4.21 Å². The Balaban J connectivity index is 2.10. The highest BCUT2D eigenvalue weighted by Gasteiger charge is 2.11. The molecule has 2 aromatic carbocycles. The first-order chi connectivity index (χ1) is 10.5. The average molecular weight is 331 g/mol. The molecule has 0 aliphatic carbocycles. The first-order valence-electron chi connectivity index (χ1n) is 6.81. The third kappa shape index (κ3) is 2.98. The Bertz CT molecular complexity index is 840. The fourth-order valence-corrected chi connectivity index (χ4v) is 3.03. The highest BCUT2D eigenvalue weighted by Crippen LogP contribution is 2.27. The highest BCUT2D eigenvalue weighted by molar-refractivity contribution is 7.84. The van der Waals surface area contributed by atoms with Crippen molar-refractivity contribution in [2.24, 2.45) is 0 Å². The summed E-state index contributed by atoms with van der Waals surface area (Å²) < 4.78 is 13.3. The van der Waals surface area contributed by atoms with E-state index in [1.54, 1.807) is 6.26 Å². The molecule has 0 aliphatic heterocycles. The predicted octanol–water partition coefficient (Wildman–Crippen LogP) is 4.24. The van der Waals surface area contributed by atoms with E-state index in [0.717, 1.165) is 27.4 Å². The third-order valence-corrected chi connectivity index (χ3v) is 4.53. The fourth-order valence-electron chi connectivity index (χ4n) is 2.33. The summed E-state index contributed by atoms with van der Waals surface area (Å²) in [5.41, 5.74) is 4.01. The number of rotatable bonds is 3. The van der Waals surface area contributed by atoms with Gasteiger partial charge in [0, 0.05) is 33.6 Å². The van der Waals surface area contributed by atoms with Crippen LogP contribution in [0, 0.1) is 6.92 Å². The molecule has 0 radical (unpaired) electrons. The molecule has 1 unspecified atom stereocenters. The molecule has 0 fully saturated rings. The largest absolute Gasteiger partial charge is 0.255 e. The molecule has 1 heterocycles. The topological polar surface area (TPSA) is 34.9 Å². The number of benzene rings is 2. The zero-order chi connectivity index (χ0) is 15.7. The van der Waals surface area contributed by atoms with Crippen molar-refractivity contribution in [3.05, 3.63) is 65.3 Å². The number of nitrogens with zero attached hydrogens (tertiary/aromatic N) is 2. The lowest BCUT2D eigenvalue weighted by atomic mass is 10.1. The fraction of sp³-hybridized carbons (Fsp3) is 0.118. The minimum Gasteiger partial charge on any atom is -0.255 e. The molecule has 0 N–H and O–H groups in total. The lowest BCUT2D eigenvalue weighted by Gasteiger charge is -2.08. The maximum Gasteiger partial charge on any atom is 0.152 e. The maximum absolute atomic E-state index is 11.5. The molecule has 112 valence electrons. The Hall–Kier alpha value is -1.91. The zero-order valence-corrected chi connectivity index (χ0v) is 13.9. The second-order valence-corrected chi connectivity index (χ2v) is 6.85. The van der Waals surface area contributed by atoms with Crippen LogP contribution in [0.4, 0.5) is 0 Å². The van der Waals surface area contributed by atoms with Crippen molar-refractivity contribution in [1.82, 2.24) is 9.78 Å². The molecule has 5 heteroatoms. The molecule has 3 rings (SSSR count). The summed E-state index contributed by atoms with van der Waals surface area (Å²) in [6, 6.07) is 17.5. The first-order valence-corrected chi connectivity index (χ1v) is 8.74. The van der Waals surface area contributed by atoms with Crippen LogP contribution in [0.1, 0.15) is 5.56 Å². The highest BCUT2D eigenvalue weighted by atomic mass is 35.5. The molecule has 0 aliphatic rings. The molecule has 1 aromatic heterocycles. The van der Waals surface area contributed by atoms with Crippen LogP contribution in [0.2, 0.25) is 5.15 Å². The van der Waals surface area contributed by atoms with Gasteiger partial charge in [0.1, 0.15) is 0 Å². The number of halogens is 1. The molecule has 3 nitrogen and oxygen atoms in total. The van der Waals surface area contributed by atoms with Crippen LogP contribution in [0.3, 0.4) is 0 Å². The Morgan fingerprint density at radius 2 is 1.82 bits per heavy atom. The molecule has 0 bridgehead atoms. The molecular formula is C17H15ClN2OS. The Morgan fingerprint density at radius 3 is 2.45 bits per heavy atom. The lowest BCUT2D eigenvalue weighted by molar-refractivity contribution is 0.687. The average Bonchev–Trinajstić information content (AvgIpc) is 2.89. The molecular weight excluding hydrogens is 316 g/mol. The van der Waals surface area contributed by atoms with Gasteiger partial charge in [0.2, 0.25) is 0 Å². The van der Waals surface area contributed by atoms with Crippen molar-refractivity contribution in [2.75, 3.05) is 6.26 Å². The zero-order valence-electron chi connectivity index (χ0n) is 12.3. The van der Waals surface area contributed by atoms with E-state index >= 15 is 0 Å². The summed E-state index contributed by atoms with van der Waals surface area (Å²) in [4.78, 5) is 0.802. The Labute approximate surface area is 137 Å². The number of hydrogen-bond donors (Lipinski definition) is 0. The van der Waals surface area contributed by atoms with E-state index in [4.69, 9.17) is 11.6 Å². The van der Waals surface area contributed by atoms with E-state index in [-0.39, 0.29) is 0 Å². The maximum atomic E-state index is 11.5. The van der Waals surface area contributed by atoms with Gasteiger partial charge in [0.05, 0.1) is 11.4 Å². The van der Waals surface area contributed by atoms with Gasteiger partial charge in [-0.1, -0.05) is 35.9 Å². The molecule has 0 saturated carbocycles. The number of hydrogen-bond acceptors (Lipinski definition) is 2. The van der Waals surface area contributed by atoms with Gasteiger partial charge < -0.3 is 0 Å². The van der Waals surface area contributed by atoms with E-state index in [1.807, 2.05) is 60.1 Å². The van der Waals surface area contributed by atoms with Crippen molar-refractivity contribution < 1.29 is 4.21 Å². The number of aromatic nitrogens is 2. The van der Waals surface area contributed by atoms with Crippen LogP contribution in [0.5, 0.6) is 0 Å². The van der Waals surface area contributed by atoms with Gasteiger partial charge in [0.15, 0.2) is 5.15 Å². The summed E-state index contributed by atoms with van der Waals surface area (Å²) >= 11 is 6.11. The molecule has 3 aromatic rings. The van der Waals surface area contributed by atoms with Gasteiger partial charge in [-0.15, -0.1) is 0 Å². The summed E-state index contributed by atoms with van der Waals surface area (Å²) in [5.74, 6) is 0. The van der Waals surface area contributed by atoms with Gasteiger partial charge >= 0.3 is 0 Å². The van der Waals surface area contributed by atoms with Crippen molar-refractivity contribution in [3.63, 3.8) is 0 Å². The van der Waals surface area contributed by atoms with Crippen LogP contribution in [0.15, 0.2) is 59.5 Å². The standard InChI is InChI=1S/C17H15ClN2OS/c1-12-4-3-5-14(10-12)20-16(11-17(18)19-20)13-6-8-15(9-7-13)22(2)21/h3-11H,1-2H3. The lowest BCUT2D eigenvalue weighted by Crippen LogP contribution is -1.99. The van der Waals surface area contributed by atoms with E-state index < -0.39 is 10.8 Å². The van der Waals surface area contributed by atoms with E-state index in [1.165, 1.54) is 0 Å². The summed E-state index contributed by atoms with van der Waals surface area (Å²) in [6.07, 6.45) is 1.67. The Morgan fingerprint density at radius 1 is 1.09 bits per heavy atom. The van der Waals surface area contributed by atoms with Crippen molar-refractivity contribution in [2.45, 2.75) is 11.8 Å². The SMILES string of the molecule is Cc1cccc(-n2nc(Cl)cc2-c2ccc(S(C)=O)cc2)c1. The Kier molecular flexibility index (Phi) is 4.14. The molecule has 22 heavy (non-hydrogen) atoms. The van der Waals surface area contributed by atoms with Crippen LogP contribution < -0.4 is 0 Å². The number of aryl methyl sites for hydroxylation is 1. The third-order valence-electron chi connectivity index (χ3n) is 3.41. The van der Waals surface area contributed by atoms with Crippen molar-refractivity contribution in [3.8, 4) is 16.9 Å². The summed E-state index contributed by atoms with van der Waals surface area (Å²) in [7, 11) is -0.981. The molecule has 0 amide bonds. The van der Waals surface area contributed by atoms with Gasteiger partial charge in [-0.2, -0.15) is 5.10 Å². The normalized spacial score (nSPS) is 12.3. The monoisotopic (exact) mass is 330 g/mol. The van der Waals surface area contributed by atoms with E-state index in [2.05, 4.69) is 11.2 Å². The van der Waals surface area contributed by atoms with Crippen molar-refractivity contribution in [1.29, 1.82) is 0 Å². The van der Waals surface area contributed by atoms with Crippen LogP contribution in [-0.2, 0) is 10.8 Å². The van der Waals surface area contributed by atoms with Gasteiger partial charge in [0.25, 0.3) is 0 Å². The quantitative estimate of drug-likeness (QED) is 0.720. The second kappa shape index (κ2) is 6.07. The van der Waals surface area contributed by atoms with Crippen LogP contribution >= 0.6 is 11.6 Å². The van der Waals surface area contributed by atoms with Crippen LogP contribution in [0.25, 0.3) is 16.9 Å². The van der Waals surface area contributed by atoms with Crippen LogP contribution in [-0.4, -0.2) is 20.2 Å². The predicted molar refractivity (Wildman–Crippen MR) is 91.1 cm³/mol. The minimum absolute atomic E-state index is 0.444. The smallest absolute Gasteiger partial charge is 0.152 e. The summed E-state index contributed by atoms with van der Waals surface area (Å²) in [6.45, 7) is 2.04. The van der Waals surface area contributed by atoms with Gasteiger partial charge in [-0.05, 0) is 36.8 Å².